The summed E-state index contributed by atoms with van der Waals surface area (Å²) in [5, 5.41) is 5.37. The molecule has 6 heteroatoms. The van der Waals surface area contributed by atoms with Crippen molar-refractivity contribution < 1.29 is 4.79 Å². The Balaban J connectivity index is 1.31. The van der Waals surface area contributed by atoms with Crippen LogP contribution in [0.3, 0.4) is 0 Å². The van der Waals surface area contributed by atoms with Gasteiger partial charge in [-0.2, -0.15) is 0 Å². The van der Waals surface area contributed by atoms with Crippen molar-refractivity contribution in [2.24, 2.45) is 0 Å². The second-order valence-corrected chi connectivity index (χ2v) is 10.4. The third-order valence-electron chi connectivity index (χ3n) is 5.34. The predicted molar refractivity (Wildman–Crippen MR) is 122 cm³/mol. The van der Waals surface area contributed by atoms with Crippen LogP contribution in [0.25, 0.3) is 10.6 Å². The molecule has 1 amide bonds. The summed E-state index contributed by atoms with van der Waals surface area (Å²) in [6.45, 7) is 10.7. The van der Waals surface area contributed by atoms with E-state index in [1.54, 1.807) is 22.7 Å². The van der Waals surface area contributed by atoms with Crippen LogP contribution >= 0.6 is 22.7 Å². The Hall–Kier alpha value is -2.02. The van der Waals surface area contributed by atoms with E-state index >= 15 is 0 Å². The van der Waals surface area contributed by atoms with Crippen molar-refractivity contribution in [3.8, 4) is 10.6 Å². The second-order valence-electron chi connectivity index (χ2n) is 8.50. The van der Waals surface area contributed by atoms with E-state index in [2.05, 4.69) is 60.7 Å². The molecule has 0 spiro atoms. The molecular formula is C23H27N3OS2. The smallest absolute Gasteiger partial charge is 0.253 e. The summed E-state index contributed by atoms with van der Waals surface area (Å²) < 4.78 is 0. The van der Waals surface area contributed by atoms with Crippen molar-refractivity contribution in [3.63, 3.8) is 0 Å². The van der Waals surface area contributed by atoms with Gasteiger partial charge in [-0.1, -0.05) is 39.0 Å². The Morgan fingerprint density at radius 3 is 2.38 bits per heavy atom. The molecule has 1 fully saturated rings. The van der Waals surface area contributed by atoms with Crippen LogP contribution in [-0.4, -0.2) is 46.9 Å². The molecule has 1 aliphatic rings. The van der Waals surface area contributed by atoms with Gasteiger partial charge in [0, 0.05) is 37.1 Å². The zero-order chi connectivity index (χ0) is 20.4. The number of thiazole rings is 1. The molecule has 0 aliphatic carbocycles. The van der Waals surface area contributed by atoms with E-state index in [4.69, 9.17) is 4.98 Å². The van der Waals surface area contributed by atoms with Crippen molar-refractivity contribution in [2.45, 2.75) is 32.7 Å². The number of carbonyl (C=O) groups is 1. The molecule has 0 bridgehead atoms. The monoisotopic (exact) mass is 425 g/mol. The minimum Gasteiger partial charge on any atom is -0.336 e. The normalized spacial score (nSPS) is 15.6. The molecule has 3 aromatic rings. The predicted octanol–water partition coefficient (Wildman–Crippen LogP) is 5.13. The lowest BCUT2D eigenvalue weighted by Crippen LogP contribution is -2.48. The van der Waals surface area contributed by atoms with Crippen molar-refractivity contribution >= 4 is 28.6 Å². The lowest BCUT2D eigenvalue weighted by Gasteiger charge is -2.34. The highest BCUT2D eigenvalue weighted by Crippen LogP contribution is 2.27. The summed E-state index contributed by atoms with van der Waals surface area (Å²) in [6.07, 6.45) is 0. The summed E-state index contributed by atoms with van der Waals surface area (Å²) in [5.41, 5.74) is 3.22. The van der Waals surface area contributed by atoms with Crippen LogP contribution in [0.2, 0.25) is 0 Å². The van der Waals surface area contributed by atoms with Crippen molar-refractivity contribution in [2.75, 3.05) is 26.2 Å². The maximum absolute atomic E-state index is 12.9. The fourth-order valence-corrected chi connectivity index (χ4v) is 5.11. The van der Waals surface area contributed by atoms with Crippen molar-refractivity contribution in [1.82, 2.24) is 14.8 Å². The molecule has 0 unspecified atom stereocenters. The van der Waals surface area contributed by atoms with Gasteiger partial charge in [-0.3, -0.25) is 9.69 Å². The van der Waals surface area contributed by atoms with Crippen molar-refractivity contribution in [1.29, 1.82) is 0 Å². The van der Waals surface area contributed by atoms with Gasteiger partial charge in [0.15, 0.2) is 0 Å². The van der Waals surface area contributed by atoms with Gasteiger partial charge in [0.25, 0.3) is 5.91 Å². The molecule has 4 nitrogen and oxygen atoms in total. The van der Waals surface area contributed by atoms with Crippen LogP contribution in [0.4, 0.5) is 0 Å². The first-order valence-corrected chi connectivity index (χ1v) is 11.8. The SMILES string of the molecule is CC(C)(C)c1ccc(C(=O)N2CCN(Cc3nc(-c4cccs4)cs3)CC2)cc1. The van der Waals surface area contributed by atoms with Gasteiger partial charge in [-0.05, 0) is 34.6 Å². The standard InChI is InChI=1S/C23H27N3OS2/c1-23(2,3)18-8-6-17(7-9-18)22(27)26-12-10-25(11-13-26)15-21-24-19(16-29-21)20-5-4-14-28-20/h4-9,14,16H,10-13,15H2,1-3H3. The highest BCUT2D eigenvalue weighted by atomic mass is 32.1. The van der Waals surface area contributed by atoms with E-state index in [9.17, 15) is 4.79 Å². The molecule has 4 rings (SSSR count). The zero-order valence-corrected chi connectivity index (χ0v) is 18.9. The Kier molecular flexibility index (Phi) is 5.86. The Bertz CT molecular complexity index is 947. The molecule has 1 aliphatic heterocycles. The molecule has 1 saturated heterocycles. The summed E-state index contributed by atoms with van der Waals surface area (Å²) in [5.74, 6) is 0.138. The lowest BCUT2D eigenvalue weighted by atomic mass is 9.86. The fraction of sp³-hybridized carbons (Fsp3) is 0.391. The Morgan fingerprint density at radius 2 is 1.76 bits per heavy atom. The molecule has 0 N–H and O–H groups in total. The van der Waals surface area contributed by atoms with Gasteiger partial charge in [-0.25, -0.2) is 4.98 Å². The van der Waals surface area contributed by atoms with Gasteiger partial charge in [0.05, 0.1) is 17.1 Å². The first kappa shape index (κ1) is 20.3. The summed E-state index contributed by atoms with van der Waals surface area (Å²) in [4.78, 5) is 23.2. The van der Waals surface area contributed by atoms with E-state index in [0.717, 1.165) is 49.0 Å². The number of rotatable bonds is 4. The Labute approximate surface area is 180 Å². The largest absolute Gasteiger partial charge is 0.336 e. The molecule has 0 atom stereocenters. The van der Waals surface area contributed by atoms with Crippen LogP contribution in [0.1, 0.15) is 41.7 Å². The molecule has 29 heavy (non-hydrogen) atoms. The first-order chi connectivity index (χ1) is 13.9. The number of benzene rings is 1. The van der Waals surface area contributed by atoms with Crippen LogP contribution in [0, 0.1) is 0 Å². The fourth-order valence-electron chi connectivity index (χ4n) is 3.52. The molecule has 3 heterocycles. The van der Waals surface area contributed by atoms with Gasteiger partial charge in [0.2, 0.25) is 0 Å². The highest BCUT2D eigenvalue weighted by Gasteiger charge is 2.23. The average molecular weight is 426 g/mol. The molecule has 2 aromatic heterocycles. The van der Waals surface area contributed by atoms with Gasteiger partial charge >= 0.3 is 0 Å². The zero-order valence-electron chi connectivity index (χ0n) is 17.2. The summed E-state index contributed by atoms with van der Waals surface area (Å²) in [7, 11) is 0. The van der Waals surface area contributed by atoms with Crippen LogP contribution in [0.15, 0.2) is 47.2 Å². The number of amides is 1. The average Bonchev–Trinajstić information content (AvgIpc) is 3.39. The number of carbonyl (C=O) groups excluding carboxylic acids is 1. The number of hydrogen-bond acceptors (Lipinski definition) is 5. The maximum atomic E-state index is 12.9. The minimum absolute atomic E-state index is 0.104. The van der Waals surface area contributed by atoms with E-state index in [0.29, 0.717) is 0 Å². The molecule has 152 valence electrons. The van der Waals surface area contributed by atoms with E-state index < -0.39 is 0 Å². The topological polar surface area (TPSA) is 36.4 Å². The number of piperazine rings is 1. The molecule has 0 radical (unpaired) electrons. The third-order valence-corrected chi connectivity index (χ3v) is 7.07. The lowest BCUT2D eigenvalue weighted by molar-refractivity contribution is 0.0628. The van der Waals surface area contributed by atoms with Crippen LogP contribution in [-0.2, 0) is 12.0 Å². The number of nitrogens with zero attached hydrogens (tertiary/aromatic N) is 3. The molecule has 1 aromatic carbocycles. The highest BCUT2D eigenvalue weighted by molar-refractivity contribution is 7.14. The second kappa shape index (κ2) is 8.38. The molecule has 0 saturated carbocycles. The summed E-state index contributed by atoms with van der Waals surface area (Å²) in [6, 6.07) is 12.3. The summed E-state index contributed by atoms with van der Waals surface area (Å²) >= 11 is 3.45. The third kappa shape index (κ3) is 4.77. The van der Waals surface area contributed by atoms with Crippen LogP contribution < -0.4 is 0 Å². The number of hydrogen-bond donors (Lipinski definition) is 0. The van der Waals surface area contributed by atoms with E-state index in [-0.39, 0.29) is 11.3 Å². The maximum Gasteiger partial charge on any atom is 0.253 e. The van der Waals surface area contributed by atoms with Crippen LogP contribution in [0.5, 0.6) is 0 Å². The van der Waals surface area contributed by atoms with Gasteiger partial charge in [-0.15, -0.1) is 22.7 Å². The van der Waals surface area contributed by atoms with Gasteiger partial charge < -0.3 is 4.90 Å². The number of aromatic nitrogens is 1. The quantitative estimate of drug-likeness (QED) is 0.582. The van der Waals surface area contributed by atoms with E-state index in [1.807, 2.05) is 17.0 Å². The van der Waals surface area contributed by atoms with Gasteiger partial charge in [0.1, 0.15) is 5.01 Å². The first-order valence-electron chi connectivity index (χ1n) is 10.0. The van der Waals surface area contributed by atoms with Crippen molar-refractivity contribution in [3.05, 3.63) is 63.3 Å². The van der Waals surface area contributed by atoms with E-state index in [1.165, 1.54) is 10.4 Å². The minimum atomic E-state index is 0.104. The Morgan fingerprint density at radius 1 is 1.03 bits per heavy atom. The number of thiophene rings is 1. The molecular weight excluding hydrogens is 398 g/mol.